The zero-order valence-electron chi connectivity index (χ0n) is 11.5. The lowest BCUT2D eigenvalue weighted by molar-refractivity contribution is 0.0372. The van der Waals surface area contributed by atoms with Gasteiger partial charge in [0.15, 0.2) is 5.82 Å². The first kappa shape index (κ1) is 13.3. The van der Waals surface area contributed by atoms with Crippen molar-refractivity contribution in [3.63, 3.8) is 0 Å². The fourth-order valence-electron chi connectivity index (χ4n) is 2.61. The van der Waals surface area contributed by atoms with Gasteiger partial charge in [-0.1, -0.05) is 39.3 Å². The highest BCUT2D eigenvalue weighted by Gasteiger charge is 2.31. The van der Waals surface area contributed by atoms with Gasteiger partial charge in [-0.25, -0.2) is 0 Å². The zero-order chi connectivity index (χ0) is 14.2. The van der Waals surface area contributed by atoms with Crippen LogP contribution in [-0.4, -0.2) is 29.8 Å². The van der Waals surface area contributed by atoms with Gasteiger partial charge in [-0.05, 0) is 24.5 Å². The molecule has 5 nitrogen and oxygen atoms in total. The lowest BCUT2D eigenvalue weighted by Gasteiger charge is -2.32. The van der Waals surface area contributed by atoms with E-state index in [2.05, 4.69) is 37.0 Å². The average molecular weight is 350 g/mol. The number of benzene rings is 1. The van der Waals surface area contributed by atoms with Gasteiger partial charge in [0.2, 0.25) is 0 Å². The number of rotatable bonds is 3. The fraction of sp³-hybridized carbons (Fsp3) is 0.467. The van der Waals surface area contributed by atoms with Crippen LogP contribution >= 0.6 is 15.9 Å². The van der Waals surface area contributed by atoms with Gasteiger partial charge < -0.3 is 14.2 Å². The van der Waals surface area contributed by atoms with Gasteiger partial charge >= 0.3 is 6.01 Å². The van der Waals surface area contributed by atoms with E-state index in [0.717, 1.165) is 29.0 Å². The molecule has 2 aromatic rings. The van der Waals surface area contributed by atoms with Crippen LogP contribution in [0.5, 0.6) is 0 Å². The molecule has 1 saturated heterocycles. The standard InChI is InChI=1S/C15H16BrN3O2/c16-12-4-2-1-3-11(12)13-9-19(7-8-20-13)15-17-14(18-21-15)10-5-6-10/h1-4,10,13H,5-9H2/t13-/m0/s1. The maximum Gasteiger partial charge on any atom is 0.324 e. The van der Waals surface area contributed by atoms with Gasteiger partial charge in [0, 0.05) is 16.9 Å². The molecule has 1 aromatic heterocycles. The van der Waals surface area contributed by atoms with E-state index in [1.165, 1.54) is 12.8 Å². The number of nitrogens with zero attached hydrogens (tertiary/aromatic N) is 3. The molecular weight excluding hydrogens is 334 g/mol. The van der Waals surface area contributed by atoms with Crippen molar-refractivity contribution in [2.45, 2.75) is 24.9 Å². The first-order valence-electron chi connectivity index (χ1n) is 7.26. The maximum absolute atomic E-state index is 5.90. The molecule has 0 N–H and O–H groups in total. The van der Waals surface area contributed by atoms with Crippen LogP contribution in [0.1, 0.15) is 36.3 Å². The van der Waals surface area contributed by atoms with Crippen molar-refractivity contribution in [2.75, 3.05) is 24.6 Å². The van der Waals surface area contributed by atoms with Gasteiger partial charge in [0.1, 0.15) is 6.10 Å². The van der Waals surface area contributed by atoms with Gasteiger partial charge in [-0.2, -0.15) is 4.98 Å². The predicted octanol–water partition coefficient (Wildman–Crippen LogP) is 3.29. The topological polar surface area (TPSA) is 51.4 Å². The van der Waals surface area contributed by atoms with Crippen molar-refractivity contribution in [1.82, 2.24) is 10.1 Å². The summed E-state index contributed by atoms with van der Waals surface area (Å²) in [5.74, 6) is 1.37. The molecule has 1 aromatic carbocycles. The molecule has 2 fully saturated rings. The van der Waals surface area contributed by atoms with E-state index in [1.807, 2.05) is 18.2 Å². The lowest BCUT2D eigenvalue weighted by Crippen LogP contribution is -2.38. The summed E-state index contributed by atoms with van der Waals surface area (Å²) >= 11 is 3.59. The van der Waals surface area contributed by atoms with Crippen LogP contribution in [0.3, 0.4) is 0 Å². The van der Waals surface area contributed by atoms with E-state index < -0.39 is 0 Å². The monoisotopic (exact) mass is 349 g/mol. The Hall–Kier alpha value is -1.40. The molecule has 1 aliphatic carbocycles. The molecular formula is C15H16BrN3O2. The Bertz CT molecular complexity index is 641. The molecule has 1 aliphatic heterocycles. The Morgan fingerprint density at radius 1 is 1.24 bits per heavy atom. The molecule has 6 heteroatoms. The number of hydrogen-bond donors (Lipinski definition) is 0. The van der Waals surface area contributed by atoms with Crippen LogP contribution in [0, 0.1) is 0 Å². The van der Waals surface area contributed by atoms with Gasteiger partial charge in [-0.3, -0.25) is 0 Å². The second kappa shape index (κ2) is 5.42. The van der Waals surface area contributed by atoms with Crippen molar-refractivity contribution < 1.29 is 9.26 Å². The highest BCUT2D eigenvalue weighted by molar-refractivity contribution is 9.10. The van der Waals surface area contributed by atoms with Crippen LogP contribution in [0.15, 0.2) is 33.3 Å². The molecule has 2 heterocycles. The van der Waals surface area contributed by atoms with Crippen LogP contribution in [0.4, 0.5) is 6.01 Å². The molecule has 0 amide bonds. The molecule has 4 rings (SSSR count). The largest absolute Gasteiger partial charge is 0.370 e. The number of halogens is 1. The number of anilines is 1. The average Bonchev–Trinajstić information content (AvgIpc) is 3.25. The third-order valence-corrected chi connectivity index (χ3v) is 4.68. The quantitative estimate of drug-likeness (QED) is 0.850. The zero-order valence-corrected chi connectivity index (χ0v) is 13.1. The molecule has 0 unspecified atom stereocenters. The minimum absolute atomic E-state index is 0.0191. The minimum atomic E-state index is 0.0191. The maximum atomic E-state index is 5.90. The molecule has 1 saturated carbocycles. The van der Waals surface area contributed by atoms with Crippen molar-refractivity contribution in [3.8, 4) is 0 Å². The molecule has 2 aliphatic rings. The second-order valence-electron chi connectivity index (χ2n) is 5.54. The van der Waals surface area contributed by atoms with E-state index >= 15 is 0 Å². The minimum Gasteiger partial charge on any atom is -0.370 e. The molecule has 0 bridgehead atoms. The normalized spacial score (nSPS) is 22.5. The summed E-state index contributed by atoms with van der Waals surface area (Å²) in [5.41, 5.74) is 1.16. The summed E-state index contributed by atoms with van der Waals surface area (Å²) < 4.78 is 12.4. The summed E-state index contributed by atoms with van der Waals surface area (Å²) in [6.45, 7) is 2.18. The summed E-state index contributed by atoms with van der Waals surface area (Å²) in [5, 5.41) is 4.09. The first-order valence-corrected chi connectivity index (χ1v) is 8.05. The van der Waals surface area contributed by atoms with E-state index in [4.69, 9.17) is 9.26 Å². The number of hydrogen-bond acceptors (Lipinski definition) is 5. The summed E-state index contributed by atoms with van der Waals surface area (Å²) in [7, 11) is 0. The van der Waals surface area contributed by atoms with Crippen molar-refractivity contribution in [2.24, 2.45) is 0 Å². The predicted molar refractivity (Wildman–Crippen MR) is 81.3 cm³/mol. The third-order valence-electron chi connectivity index (χ3n) is 3.96. The number of morpholine rings is 1. The van der Waals surface area contributed by atoms with Crippen LogP contribution in [-0.2, 0) is 4.74 Å². The Balaban J connectivity index is 1.53. The lowest BCUT2D eigenvalue weighted by atomic mass is 10.1. The molecule has 110 valence electrons. The number of aromatic nitrogens is 2. The first-order chi connectivity index (χ1) is 10.3. The van der Waals surface area contributed by atoms with Gasteiger partial charge in [0.25, 0.3) is 0 Å². The van der Waals surface area contributed by atoms with E-state index in [9.17, 15) is 0 Å². The smallest absolute Gasteiger partial charge is 0.324 e. The second-order valence-corrected chi connectivity index (χ2v) is 6.39. The van der Waals surface area contributed by atoms with Crippen LogP contribution in [0.2, 0.25) is 0 Å². The highest BCUT2D eigenvalue weighted by Crippen LogP contribution is 2.39. The van der Waals surface area contributed by atoms with Crippen LogP contribution in [0.25, 0.3) is 0 Å². The Labute approximate surface area is 131 Å². The third kappa shape index (κ3) is 2.70. The Morgan fingerprint density at radius 3 is 2.90 bits per heavy atom. The van der Waals surface area contributed by atoms with Crippen LogP contribution < -0.4 is 4.90 Å². The highest BCUT2D eigenvalue weighted by atomic mass is 79.9. The van der Waals surface area contributed by atoms with Crippen molar-refractivity contribution >= 4 is 21.9 Å². The molecule has 21 heavy (non-hydrogen) atoms. The Morgan fingerprint density at radius 2 is 2.10 bits per heavy atom. The van der Waals surface area contributed by atoms with E-state index in [0.29, 0.717) is 18.5 Å². The number of ether oxygens (including phenoxy) is 1. The molecule has 1 atom stereocenters. The van der Waals surface area contributed by atoms with Crippen molar-refractivity contribution in [3.05, 3.63) is 40.1 Å². The summed E-state index contributed by atoms with van der Waals surface area (Å²) in [6, 6.07) is 8.78. The van der Waals surface area contributed by atoms with E-state index in [1.54, 1.807) is 0 Å². The Kier molecular flexibility index (Phi) is 3.43. The summed E-state index contributed by atoms with van der Waals surface area (Å²) in [6.07, 6.45) is 2.38. The SMILES string of the molecule is Brc1ccccc1[C@@H]1CN(c2nc(C3CC3)no2)CCO1. The molecule has 0 radical (unpaired) electrons. The molecule has 0 spiro atoms. The summed E-state index contributed by atoms with van der Waals surface area (Å²) in [4.78, 5) is 6.64. The van der Waals surface area contributed by atoms with Gasteiger partial charge in [0.05, 0.1) is 13.2 Å². The van der Waals surface area contributed by atoms with Crippen molar-refractivity contribution in [1.29, 1.82) is 0 Å². The fourth-order valence-corrected chi connectivity index (χ4v) is 3.15. The van der Waals surface area contributed by atoms with E-state index in [-0.39, 0.29) is 6.10 Å². The van der Waals surface area contributed by atoms with Gasteiger partial charge in [-0.15, -0.1) is 0 Å².